The van der Waals surface area contributed by atoms with Gasteiger partial charge in [0.1, 0.15) is 18.3 Å². The van der Waals surface area contributed by atoms with Gasteiger partial charge in [0.2, 0.25) is 0 Å². The monoisotopic (exact) mass is 281 g/mol. The molecular formula is C14H19NO5. The molecule has 3 N–H and O–H groups in total. The zero-order valence-electron chi connectivity index (χ0n) is 11.2. The van der Waals surface area contributed by atoms with E-state index in [2.05, 4.69) is 0 Å². The molecule has 3 rings (SSSR count). The average molecular weight is 281 g/mol. The van der Waals surface area contributed by atoms with Crippen molar-refractivity contribution in [1.29, 1.82) is 0 Å². The molecule has 6 atom stereocenters. The van der Waals surface area contributed by atoms with Crippen LogP contribution in [-0.2, 0) is 18.9 Å². The van der Waals surface area contributed by atoms with Crippen LogP contribution in [0.15, 0.2) is 30.3 Å². The van der Waals surface area contributed by atoms with E-state index in [4.69, 9.17) is 24.7 Å². The van der Waals surface area contributed by atoms with Crippen LogP contribution < -0.4 is 5.73 Å². The van der Waals surface area contributed by atoms with Crippen molar-refractivity contribution < 1.29 is 24.1 Å². The summed E-state index contributed by atoms with van der Waals surface area (Å²) in [6.45, 7) is 0.352. The third-order valence-electron chi connectivity index (χ3n) is 3.72. The molecule has 0 bridgehead atoms. The van der Waals surface area contributed by atoms with E-state index >= 15 is 0 Å². The summed E-state index contributed by atoms with van der Waals surface area (Å²) >= 11 is 0. The van der Waals surface area contributed by atoms with Crippen LogP contribution in [0.2, 0.25) is 0 Å². The number of methoxy groups -OCH3 is 1. The van der Waals surface area contributed by atoms with Crippen molar-refractivity contribution >= 4 is 0 Å². The molecule has 2 fully saturated rings. The number of nitrogens with two attached hydrogens (primary N) is 1. The lowest BCUT2D eigenvalue weighted by atomic mass is 9.96. The second-order valence-electron chi connectivity index (χ2n) is 5.02. The van der Waals surface area contributed by atoms with Gasteiger partial charge in [-0.2, -0.15) is 0 Å². The van der Waals surface area contributed by atoms with Gasteiger partial charge in [0.05, 0.1) is 12.6 Å². The number of aliphatic hydroxyl groups excluding tert-OH is 1. The zero-order valence-corrected chi connectivity index (χ0v) is 11.2. The van der Waals surface area contributed by atoms with Gasteiger partial charge in [0, 0.05) is 12.7 Å². The molecule has 0 amide bonds. The van der Waals surface area contributed by atoms with Gasteiger partial charge in [0.15, 0.2) is 12.6 Å². The maximum absolute atomic E-state index is 10.0. The number of aliphatic hydroxyl groups is 1. The fourth-order valence-corrected chi connectivity index (χ4v) is 2.61. The van der Waals surface area contributed by atoms with E-state index in [1.807, 2.05) is 30.3 Å². The first-order chi connectivity index (χ1) is 9.70. The lowest BCUT2D eigenvalue weighted by Crippen LogP contribution is -2.65. The van der Waals surface area contributed by atoms with Crippen LogP contribution in [-0.4, -0.2) is 49.5 Å². The summed E-state index contributed by atoms with van der Waals surface area (Å²) in [5.41, 5.74) is 6.97. The van der Waals surface area contributed by atoms with E-state index in [9.17, 15) is 5.11 Å². The number of benzene rings is 1. The summed E-state index contributed by atoms with van der Waals surface area (Å²) in [6, 6.07) is 9.04. The maximum atomic E-state index is 10.0. The SMILES string of the molecule is CO[C@H]1O[C@@H]2CO[C@@H](c3ccccc3)O[C@H]2[C@H](N)[C@H]1O. The van der Waals surface area contributed by atoms with E-state index in [0.29, 0.717) is 6.61 Å². The second-order valence-corrected chi connectivity index (χ2v) is 5.02. The quantitative estimate of drug-likeness (QED) is 0.803. The highest BCUT2D eigenvalue weighted by atomic mass is 16.7. The highest BCUT2D eigenvalue weighted by Gasteiger charge is 2.48. The van der Waals surface area contributed by atoms with Crippen LogP contribution in [0.1, 0.15) is 11.9 Å². The minimum Gasteiger partial charge on any atom is -0.386 e. The molecule has 6 nitrogen and oxygen atoms in total. The Morgan fingerprint density at radius 1 is 1.25 bits per heavy atom. The van der Waals surface area contributed by atoms with Gasteiger partial charge >= 0.3 is 0 Å². The molecule has 2 aliphatic heterocycles. The lowest BCUT2D eigenvalue weighted by molar-refractivity contribution is -0.338. The highest BCUT2D eigenvalue weighted by Crippen LogP contribution is 2.33. The van der Waals surface area contributed by atoms with Crippen molar-refractivity contribution in [1.82, 2.24) is 0 Å². The first-order valence-corrected chi connectivity index (χ1v) is 6.64. The van der Waals surface area contributed by atoms with Gasteiger partial charge < -0.3 is 29.8 Å². The summed E-state index contributed by atoms with van der Waals surface area (Å²) in [5.74, 6) is 0. The van der Waals surface area contributed by atoms with Gasteiger partial charge in [-0.1, -0.05) is 30.3 Å². The van der Waals surface area contributed by atoms with E-state index < -0.39 is 30.8 Å². The first-order valence-electron chi connectivity index (χ1n) is 6.64. The molecule has 0 aromatic heterocycles. The van der Waals surface area contributed by atoms with Crippen LogP contribution in [0, 0.1) is 0 Å². The Bertz CT molecular complexity index is 440. The van der Waals surface area contributed by atoms with Crippen LogP contribution in [0.25, 0.3) is 0 Å². The fourth-order valence-electron chi connectivity index (χ4n) is 2.61. The fraction of sp³-hybridized carbons (Fsp3) is 0.571. The molecule has 2 aliphatic rings. The van der Waals surface area contributed by atoms with E-state index in [1.54, 1.807) is 0 Å². The Balaban J connectivity index is 1.74. The summed E-state index contributed by atoms with van der Waals surface area (Å²) in [4.78, 5) is 0. The van der Waals surface area contributed by atoms with Crippen molar-refractivity contribution in [3.05, 3.63) is 35.9 Å². The zero-order chi connectivity index (χ0) is 14.1. The standard InChI is InChI=1S/C14H19NO5/c1-17-14-11(16)10(15)12-9(19-14)7-18-13(20-12)8-5-3-2-4-6-8/h2-6,9-14,16H,7,15H2,1H3/t9-,10-,11-,12-,13-,14+/m1/s1. The van der Waals surface area contributed by atoms with Gasteiger partial charge in [-0.25, -0.2) is 0 Å². The minimum atomic E-state index is -0.921. The molecule has 6 heteroatoms. The van der Waals surface area contributed by atoms with Gasteiger partial charge in [0.25, 0.3) is 0 Å². The van der Waals surface area contributed by atoms with Gasteiger partial charge in [-0.05, 0) is 0 Å². The molecule has 0 aliphatic carbocycles. The van der Waals surface area contributed by atoms with Crippen LogP contribution in [0.5, 0.6) is 0 Å². The second kappa shape index (κ2) is 5.77. The molecule has 1 aromatic carbocycles. The predicted molar refractivity (Wildman–Crippen MR) is 69.7 cm³/mol. The predicted octanol–water partition coefficient (Wildman–Crippen LogP) is 0.160. The molecule has 0 unspecified atom stereocenters. The molecule has 0 radical (unpaired) electrons. The third kappa shape index (κ3) is 2.46. The molecule has 1 aromatic rings. The summed E-state index contributed by atoms with van der Waals surface area (Å²) < 4.78 is 22.2. The van der Waals surface area contributed by atoms with E-state index in [-0.39, 0.29) is 6.10 Å². The largest absolute Gasteiger partial charge is 0.386 e. The highest BCUT2D eigenvalue weighted by molar-refractivity contribution is 5.16. The first kappa shape index (κ1) is 13.9. The molecule has 110 valence electrons. The molecule has 20 heavy (non-hydrogen) atoms. The van der Waals surface area contributed by atoms with Crippen molar-refractivity contribution in [3.63, 3.8) is 0 Å². The minimum absolute atomic E-state index is 0.335. The number of hydrogen-bond acceptors (Lipinski definition) is 6. The van der Waals surface area contributed by atoms with Crippen molar-refractivity contribution in [2.75, 3.05) is 13.7 Å². The Hall–Kier alpha value is -1.02. The number of hydrogen-bond donors (Lipinski definition) is 2. The van der Waals surface area contributed by atoms with Gasteiger partial charge in [-0.15, -0.1) is 0 Å². The summed E-state index contributed by atoms with van der Waals surface area (Å²) in [7, 11) is 1.47. The molecule has 2 heterocycles. The van der Waals surface area contributed by atoms with Crippen molar-refractivity contribution in [2.24, 2.45) is 5.73 Å². The smallest absolute Gasteiger partial charge is 0.185 e. The Labute approximate surface area is 117 Å². The Morgan fingerprint density at radius 3 is 2.70 bits per heavy atom. The van der Waals surface area contributed by atoms with Crippen molar-refractivity contribution in [3.8, 4) is 0 Å². The molecule has 2 saturated heterocycles. The molecule has 0 saturated carbocycles. The summed E-state index contributed by atoms with van der Waals surface area (Å²) in [5, 5.41) is 10.0. The normalized spacial score (nSPS) is 41.1. The van der Waals surface area contributed by atoms with E-state index in [1.165, 1.54) is 7.11 Å². The summed E-state index contributed by atoms with van der Waals surface area (Å²) in [6.07, 6.45) is -2.91. The molecular weight excluding hydrogens is 262 g/mol. The van der Waals surface area contributed by atoms with Gasteiger partial charge in [-0.3, -0.25) is 0 Å². The maximum Gasteiger partial charge on any atom is 0.185 e. The Kier molecular flexibility index (Phi) is 4.02. The number of fused-ring (bicyclic) bond motifs is 1. The Morgan fingerprint density at radius 2 is 2.00 bits per heavy atom. The lowest BCUT2D eigenvalue weighted by Gasteiger charge is -2.46. The topological polar surface area (TPSA) is 83.2 Å². The number of rotatable bonds is 2. The van der Waals surface area contributed by atoms with Crippen LogP contribution in [0.4, 0.5) is 0 Å². The number of ether oxygens (including phenoxy) is 4. The van der Waals surface area contributed by atoms with Crippen LogP contribution >= 0.6 is 0 Å². The van der Waals surface area contributed by atoms with Crippen molar-refractivity contribution in [2.45, 2.75) is 36.9 Å². The average Bonchev–Trinajstić information content (AvgIpc) is 2.51. The van der Waals surface area contributed by atoms with Crippen LogP contribution in [0.3, 0.4) is 0 Å². The molecule has 0 spiro atoms. The third-order valence-corrected chi connectivity index (χ3v) is 3.72. The van der Waals surface area contributed by atoms with E-state index in [0.717, 1.165) is 5.56 Å².